The van der Waals surface area contributed by atoms with Gasteiger partial charge in [0.2, 0.25) is 0 Å². The Morgan fingerprint density at radius 3 is 2.74 bits per heavy atom. The van der Waals surface area contributed by atoms with Crippen molar-refractivity contribution in [2.75, 3.05) is 38.3 Å². The average Bonchev–Trinajstić information content (AvgIpc) is 2.68. The minimum absolute atomic E-state index is 0.0998. The lowest BCUT2D eigenvalue weighted by Gasteiger charge is -2.41. The number of carbonyl (C=O) groups excluding carboxylic acids is 1. The zero-order valence-electron chi connectivity index (χ0n) is 15.9. The maximum Gasteiger partial charge on any atom is 0.255 e. The standard InChI is InChI=1S/C21H27N3O3/c1-16-13-24(19-8-3-4-9-20(19)26-2)11-10-23(16)14-17-6-5-7-18(12-17)27-15-21(22)25/h3-9,12,16H,10-11,13-15H2,1-2H3,(H2,22,25). The van der Waals surface area contributed by atoms with E-state index in [1.807, 2.05) is 36.4 Å². The molecule has 1 aliphatic heterocycles. The van der Waals surface area contributed by atoms with Crippen molar-refractivity contribution in [1.82, 2.24) is 4.90 Å². The van der Waals surface area contributed by atoms with Crippen molar-refractivity contribution >= 4 is 11.6 Å². The number of rotatable bonds is 7. The molecule has 0 aliphatic carbocycles. The number of piperazine rings is 1. The Balaban J connectivity index is 1.62. The predicted molar refractivity (Wildman–Crippen MR) is 106 cm³/mol. The molecule has 0 aromatic heterocycles. The maximum atomic E-state index is 10.9. The molecule has 1 heterocycles. The Hall–Kier alpha value is -2.73. The SMILES string of the molecule is COc1ccccc1N1CCN(Cc2cccc(OCC(N)=O)c2)C(C)C1. The van der Waals surface area contributed by atoms with Gasteiger partial charge >= 0.3 is 0 Å². The summed E-state index contributed by atoms with van der Waals surface area (Å²) in [6, 6.07) is 16.4. The fourth-order valence-corrected chi connectivity index (χ4v) is 3.46. The molecule has 2 N–H and O–H groups in total. The van der Waals surface area contributed by atoms with Crippen molar-refractivity contribution in [3.8, 4) is 11.5 Å². The molecule has 2 aromatic rings. The third-order valence-corrected chi connectivity index (χ3v) is 4.86. The predicted octanol–water partition coefficient (Wildman–Crippen LogP) is 2.27. The van der Waals surface area contributed by atoms with Crippen LogP contribution in [0.25, 0.3) is 0 Å². The van der Waals surface area contributed by atoms with E-state index in [4.69, 9.17) is 15.2 Å². The molecule has 1 atom stereocenters. The van der Waals surface area contributed by atoms with Crippen molar-refractivity contribution in [3.63, 3.8) is 0 Å². The molecule has 144 valence electrons. The molecule has 0 radical (unpaired) electrons. The highest BCUT2D eigenvalue weighted by Crippen LogP contribution is 2.30. The molecular weight excluding hydrogens is 342 g/mol. The number of ether oxygens (including phenoxy) is 2. The van der Waals surface area contributed by atoms with E-state index in [0.717, 1.165) is 43.2 Å². The van der Waals surface area contributed by atoms with Crippen molar-refractivity contribution in [3.05, 3.63) is 54.1 Å². The summed E-state index contributed by atoms with van der Waals surface area (Å²) in [7, 11) is 1.71. The lowest BCUT2D eigenvalue weighted by Crippen LogP contribution is -2.51. The van der Waals surface area contributed by atoms with Crippen LogP contribution < -0.4 is 20.1 Å². The molecule has 0 spiro atoms. The minimum atomic E-state index is -0.471. The Labute approximate surface area is 160 Å². The third kappa shape index (κ3) is 4.92. The normalized spacial score (nSPS) is 17.6. The van der Waals surface area contributed by atoms with E-state index in [2.05, 4.69) is 28.9 Å². The second kappa shape index (κ2) is 8.77. The molecule has 3 rings (SSSR count). The van der Waals surface area contributed by atoms with Crippen LogP contribution >= 0.6 is 0 Å². The van der Waals surface area contributed by atoms with Gasteiger partial charge in [0.15, 0.2) is 6.61 Å². The minimum Gasteiger partial charge on any atom is -0.495 e. The van der Waals surface area contributed by atoms with Crippen LogP contribution in [-0.2, 0) is 11.3 Å². The van der Waals surface area contributed by atoms with Gasteiger partial charge in [-0.3, -0.25) is 9.69 Å². The average molecular weight is 369 g/mol. The van der Waals surface area contributed by atoms with Crippen LogP contribution in [0.15, 0.2) is 48.5 Å². The number of carbonyl (C=O) groups is 1. The first kappa shape index (κ1) is 19.0. The maximum absolute atomic E-state index is 10.9. The first-order valence-corrected chi connectivity index (χ1v) is 9.19. The molecule has 1 saturated heterocycles. The van der Waals surface area contributed by atoms with Crippen molar-refractivity contribution in [2.24, 2.45) is 5.73 Å². The van der Waals surface area contributed by atoms with E-state index >= 15 is 0 Å². The lowest BCUT2D eigenvalue weighted by atomic mass is 10.1. The largest absolute Gasteiger partial charge is 0.495 e. The second-order valence-corrected chi connectivity index (χ2v) is 6.84. The van der Waals surface area contributed by atoms with Gasteiger partial charge in [-0.2, -0.15) is 0 Å². The summed E-state index contributed by atoms with van der Waals surface area (Å²) in [6.45, 7) is 5.84. The van der Waals surface area contributed by atoms with Crippen LogP contribution in [0.3, 0.4) is 0 Å². The molecule has 2 aromatic carbocycles. The summed E-state index contributed by atoms with van der Waals surface area (Å²) in [4.78, 5) is 15.7. The number of para-hydroxylation sites is 2. The number of anilines is 1. The molecule has 6 nitrogen and oxygen atoms in total. The van der Waals surface area contributed by atoms with Crippen LogP contribution in [0.4, 0.5) is 5.69 Å². The molecule has 0 bridgehead atoms. The van der Waals surface area contributed by atoms with Gasteiger partial charge in [-0.05, 0) is 36.8 Å². The summed E-state index contributed by atoms with van der Waals surface area (Å²) in [5.74, 6) is 1.12. The van der Waals surface area contributed by atoms with Crippen LogP contribution in [0.1, 0.15) is 12.5 Å². The van der Waals surface area contributed by atoms with Gasteiger partial charge in [-0.1, -0.05) is 24.3 Å². The highest BCUT2D eigenvalue weighted by molar-refractivity contribution is 5.75. The van der Waals surface area contributed by atoms with E-state index in [1.54, 1.807) is 7.11 Å². The number of methoxy groups -OCH3 is 1. The van der Waals surface area contributed by atoms with Gasteiger partial charge in [0, 0.05) is 32.2 Å². The number of hydrogen-bond donors (Lipinski definition) is 1. The highest BCUT2D eigenvalue weighted by Gasteiger charge is 2.25. The van der Waals surface area contributed by atoms with Crippen molar-refractivity contribution in [1.29, 1.82) is 0 Å². The van der Waals surface area contributed by atoms with Gasteiger partial charge in [-0.25, -0.2) is 0 Å². The first-order chi connectivity index (χ1) is 13.1. The molecule has 1 fully saturated rings. The fraction of sp³-hybridized carbons (Fsp3) is 0.381. The molecular formula is C21H27N3O3. The molecule has 1 unspecified atom stereocenters. The first-order valence-electron chi connectivity index (χ1n) is 9.19. The smallest absolute Gasteiger partial charge is 0.255 e. The number of nitrogens with zero attached hydrogens (tertiary/aromatic N) is 2. The van der Waals surface area contributed by atoms with E-state index < -0.39 is 5.91 Å². The van der Waals surface area contributed by atoms with Gasteiger partial charge in [0.05, 0.1) is 12.8 Å². The van der Waals surface area contributed by atoms with E-state index in [9.17, 15) is 4.79 Å². The Kier molecular flexibility index (Phi) is 6.19. The van der Waals surface area contributed by atoms with Gasteiger partial charge < -0.3 is 20.1 Å². The monoisotopic (exact) mass is 369 g/mol. The molecule has 1 aliphatic rings. The number of amides is 1. The van der Waals surface area contributed by atoms with Crippen LogP contribution in [0.5, 0.6) is 11.5 Å². The summed E-state index contributed by atoms with van der Waals surface area (Å²) >= 11 is 0. The van der Waals surface area contributed by atoms with Gasteiger partial charge in [0.1, 0.15) is 11.5 Å². The lowest BCUT2D eigenvalue weighted by molar-refractivity contribution is -0.119. The van der Waals surface area contributed by atoms with E-state index in [1.165, 1.54) is 0 Å². The summed E-state index contributed by atoms with van der Waals surface area (Å²) in [5, 5.41) is 0. The number of hydrogen-bond acceptors (Lipinski definition) is 5. The second-order valence-electron chi connectivity index (χ2n) is 6.84. The Morgan fingerprint density at radius 2 is 2.00 bits per heavy atom. The van der Waals surface area contributed by atoms with Crippen molar-refractivity contribution in [2.45, 2.75) is 19.5 Å². The highest BCUT2D eigenvalue weighted by atomic mass is 16.5. The molecule has 6 heteroatoms. The Bertz CT molecular complexity index is 781. The number of benzene rings is 2. The van der Waals surface area contributed by atoms with Gasteiger partial charge in [-0.15, -0.1) is 0 Å². The van der Waals surface area contributed by atoms with Gasteiger partial charge in [0.25, 0.3) is 5.91 Å². The molecule has 0 saturated carbocycles. The van der Waals surface area contributed by atoms with E-state index in [-0.39, 0.29) is 6.61 Å². The molecule has 27 heavy (non-hydrogen) atoms. The zero-order chi connectivity index (χ0) is 19.2. The van der Waals surface area contributed by atoms with E-state index in [0.29, 0.717) is 11.8 Å². The summed E-state index contributed by atoms with van der Waals surface area (Å²) < 4.78 is 10.9. The summed E-state index contributed by atoms with van der Waals surface area (Å²) in [5.41, 5.74) is 7.45. The van der Waals surface area contributed by atoms with Crippen LogP contribution in [0.2, 0.25) is 0 Å². The quantitative estimate of drug-likeness (QED) is 0.811. The van der Waals surface area contributed by atoms with Crippen LogP contribution in [-0.4, -0.2) is 50.2 Å². The topological polar surface area (TPSA) is 68.0 Å². The molecule has 1 amide bonds. The zero-order valence-corrected chi connectivity index (χ0v) is 15.9. The summed E-state index contributed by atoms with van der Waals surface area (Å²) in [6.07, 6.45) is 0. The number of primary amides is 1. The Morgan fingerprint density at radius 1 is 1.19 bits per heavy atom. The third-order valence-electron chi connectivity index (χ3n) is 4.86. The van der Waals surface area contributed by atoms with Crippen molar-refractivity contribution < 1.29 is 14.3 Å². The number of nitrogens with two attached hydrogens (primary N) is 1. The van der Waals surface area contributed by atoms with Crippen LogP contribution in [0, 0.1) is 0 Å². The fourth-order valence-electron chi connectivity index (χ4n) is 3.46.